The smallest absolute Gasteiger partial charge is 0.258 e. The molecular weight excluding hydrogens is 428 g/mol. The number of hydrogen-bond donors (Lipinski definition) is 3. The third kappa shape index (κ3) is 5.85. The molecule has 0 spiro atoms. The number of aliphatic hydroxyl groups excluding tert-OH is 2. The van der Waals surface area contributed by atoms with Crippen LogP contribution in [-0.4, -0.2) is 57.2 Å². The van der Waals surface area contributed by atoms with Crippen LogP contribution in [0.3, 0.4) is 0 Å². The topological polar surface area (TPSA) is 154 Å². The fourth-order valence-electron chi connectivity index (χ4n) is 3.33. The first-order valence-electron chi connectivity index (χ1n) is 10.5. The van der Waals surface area contributed by atoms with Crippen molar-refractivity contribution in [1.82, 2.24) is 15.1 Å². The van der Waals surface area contributed by atoms with Gasteiger partial charge in [0.25, 0.3) is 5.89 Å². The molecule has 0 aliphatic rings. The van der Waals surface area contributed by atoms with Gasteiger partial charge in [0.15, 0.2) is 11.5 Å². The fraction of sp³-hybridized carbons (Fsp3) is 0.391. The molecule has 10 heteroatoms. The highest BCUT2D eigenvalue weighted by molar-refractivity contribution is 5.78. The van der Waals surface area contributed by atoms with Crippen molar-refractivity contribution in [3.63, 3.8) is 0 Å². The number of amides is 1. The molecule has 4 N–H and O–H groups in total. The largest absolute Gasteiger partial charge is 0.493 e. The third-order valence-electron chi connectivity index (χ3n) is 5.00. The van der Waals surface area contributed by atoms with Crippen LogP contribution >= 0.6 is 0 Å². The second kappa shape index (κ2) is 10.4. The van der Waals surface area contributed by atoms with E-state index in [0.29, 0.717) is 34.3 Å². The first-order chi connectivity index (χ1) is 15.7. The molecule has 1 aromatic carbocycles. The monoisotopic (exact) mass is 456 g/mol. The van der Waals surface area contributed by atoms with Gasteiger partial charge in [0, 0.05) is 28.9 Å². The number of aryl methyl sites for hydroxylation is 3. The zero-order valence-electron chi connectivity index (χ0n) is 19.0. The van der Waals surface area contributed by atoms with Gasteiger partial charge >= 0.3 is 0 Å². The number of primary amides is 1. The molecule has 176 valence electrons. The molecule has 2 heterocycles. The molecule has 0 saturated heterocycles. The minimum absolute atomic E-state index is 0.158. The molecule has 0 radical (unpaired) electrons. The van der Waals surface area contributed by atoms with Crippen LogP contribution < -0.4 is 15.2 Å². The number of carbonyl (C=O) groups is 1. The molecule has 3 aromatic rings. The van der Waals surface area contributed by atoms with E-state index in [1.165, 1.54) is 7.11 Å². The Kier molecular flexibility index (Phi) is 7.62. The van der Waals surface area contributed by atoms with Crippen LogP contribution in [0.25, 0.3) is 22.8 Å². The van der Waals surface area contributed by atoms with Crippen molar-refractivity contribution >= 4 is 5.91 Å². The number of aromatic nitrogens is 3. The Balaban J connectivity index is 1.81. The van der Waals surface area contributed by atoms with E-state index in [-0.39, 0.29) is 13.0 Å². The van der Waals surface area contributed by atoms with Gasteiger partial charge in [-0.25, -0.2) is 0 Å². The number of nitrogens with two attached hydrogens (primary N) is 1. The quantitative estimate of drug-likeness (QED) is 0.415. The van der Waals surface area contributed by atoms with Gasteiger partial charge in [0.05, 0.1) is 13.2 Å². The number of nitrogens with zero attached hydrogens (tertiary/aromatic N) is 3. The Hall–Kier alpha value is -3.50. The van der Waals surface area contributed by atoms with Crippen molar-refractivity contribution in [2.75, 3.05) is 13.7 Å². The number of carbonyl (C=O) groups excluding carboxylic acids is 1. The van der Waals surface area contributed by atoms with E-state index in [9.17, 15) is 15.0 Å². The lowest BCUT2D eigenvalue weighted by molar-refractivity contribution is -0.127. The fourth-order valence-corrected chi connectivity index (χ4v) is 3.33. The van der Waals surface area contributed by atoms with Crippen molar-refractivity contribution in [2.24, 2.45) is 5.73 Å². The molecule has 1 unspecified atom stereocenters. The first-order valence-corrected chi connectivity index (χ1v) is 10.5. The molecule has 0 fully saturated rings. The summed E-state index contributed by atoms with van der Waals surface area (Å²) in [5.41, 5.74) is 9.00. The summed E-state index contributed by atoms with van der Waals surface area (Å²) in [4.78, 5) is 19.9. The summed E-state index contributed by atoms with van der Waals surface area (Å²) in [5.74, 6) is 0.690. The third-order valence-corrected chi connectivity index (χ3v) is 5.00. The molecule has 1 amide bonds. The second-order valence-electron chi connectivity index (χ2n) is 7.71. The Labute approximate surface area is 191 Å². The van der Waals surface area contributed by atoms with Crippen molar-refractivity contribution in [2.45, 2.75) is 45.8 Å². The Morgan fingerprint density at radius 3 is 2.58 bits per heavy atom. The van der Waals surface area contributed by atoms with E-state index in [1.807, 2.05) is 39.0 Å². The number of benzene rings is 1. The standard InChI is InChI=1S/C23H28N4O6/c1-5-16-8-15(7-13(3)25-16)23-26-22(27-33-23)14-6-12(2)20(19(9-14)31-4)32-11-17(28)10-18(29)21(24)30/h6-9,17-18,28-29H,5,10-11H2,1-4H3,(H2,24,30)/t17-,18?/m1/s1. The Morgan fingerprint density at radius 1 is 1.15 bits per heavy atom. The molecule has 0 saturated carbocycles. The van der Waals surface area contributed by atoms with E-state index in [4.69, 9.17) is 19.7 Å². The predicted octanol–water partition coefficient (Wildman–Crippen LogP) is 1.96. The molecule has 2 aromatic heterocycles. The van der Waals surface area contributed by atoms with Gasteiger partial charge in [0.1, 0.15) is 12.7 Å². The van der Waals surface area contributed by atoms with Gasteiger partial charge in [-0.1, -0.05) is 12.1 Å². The van der Waals surface area contributed by atoms with Crippen LogP contribution in [0.15, 0.2) is 28.8 Å². The zero-order valence-corrected chi connectivity index (χ0v) is 19.0. The van der Waals surface area contributed by atoms with Crippen molar-refractivity contribution < 1.29 is 29.0 Å². The lowest BCUT2D eigenvalue weighted by Crippen LogP contribution is -2.33. The summed E-state index contributed by atoms with van der Waals surface area (Å²) in [6, 6.07) is 7.33. The van der Waals surface area contributed by atoms with Crippen LogP contribution in [0.5, 0.6) is 11.5 Å². The molecule has 0 bridgehead atoms. The normalized spacial score (nSPS) is 12.9. The van der Waals surface area contributed by atoms with Gasteiger partial charge in [0.2, 0.25) is 11.7 Å². The van der Waals surface area contributed by atoms with E-state index < -0.39 is 18.1 Å². The predicted molar refractivity (Wildman–Crippen MR) is 120 cm³/mol. The number of aliphatic hydroxyl groups is 2. The highest BCUT2D eigenvalue weighted by Gasteiger charge is 2.20. The molecular formula is C23H28N4O6. The molecule has 3 rings (SSSR count). The van der Waals surface area contributed by atoms with Crippen LogP contribution in [0.4, 0.5) is 0 Å². The van der Waals surface area contributed by atoms with Gasteiger partial charge in [-0.2, -0.15) is 4.98 Å². The van der Waals surface area contributed by atoms with Crippen LogP contribution in [0.2, 0.25) is 0 Å². The molecule has 0 aliphatic carbocycles. The van der Waals surface area contributed by atoms with Crippen LogP contribution in [-0.2, 0) is 11.2 Å². The van der Waals surface area contributed by atoms with Crippen LogP contribution in [0.1, 0.15) is 30.3 Å². The molecule has 0 aliphatic heterocycles. The maximum atomic E-state index is 11.0. The zero-order chi connectivity index (χ0) is 24.1. The average Bonchev–Trinajstić information content (AvgIpc) is 3.27. The van der Waals surface area contributed by atoms with Crippen LogP contribution in [0, 0.1) is 13.8 Å². The maximum Gasteiger partial charge on any atom is 0.258 e. The summed E-state index contributed by atoms with van der Waals surface area (Å²) in [7, 11) is 1.49. The van der Waals surface area contributed by atoms with E-state index >= 15 is 0 Å². The average molecular weight is 456 g/mol. The van der Waals surface area contributed by atoms with E-state index in [1.54, 1.807) is 6.07 Å². The second-order valence-corrected chi connectivity index (χ2v) is 7.71. The maximum absolute atomic E-state index is 11.0. The number of hydrogen-bond acceptors (Lipinski definition) is 9. The molecule has 10 nitrogen and oxygen atoms in total. The van der Waals surface area contributed by atoms with Crippen molar-refractivity contribution in [1.29, 1.82) is 0 Å². The molecule has 33 heavy (non-hydrogen) atoms. The first kappa shape index (κ1) is 24.1. The summed E-state index contributed by atoms with van der Waals surface area (Å²) in [6.45, 7) is 5.60. The van der Waals surface area contributed by atoms with Gasteiger partial charge in [-0.15, -0.1) is 0 Å². The van der Waals surface area contributed by atoms with Gasteiger partial charge in [-0.3, -0.25) is 9.78 Å². The SMILES string of the molecule is CCc1cc(-c2nc(-c3cc(C)c(OC[C@H](O)CC(O)C(N)=O)c(OC)c3)no2)cc(C)n1. The number of methoxy groups -OCH3 is 1. The summed E-state index contributed by atoms with van der Waals surface area (Å²) < 4.78 is 16.6. The highest BCUT2D eigenvalue weighted by Crippen LogP contribution is 2.36. The minimum Gasteiger partial charge on any atom is -0.493 e. The van der Waals surface area contributed by atoms with E-state index in [0.717, 1.165) is 23.4 Å². The Morgan fingerprint density at radius 2 is 1.91 bits per heavy atom. The molecule has 2 atom stereocenters. The van der Waals surface area contributed by atoms with Gasteiger partial charge in [-0.05, 0) is 50.1 Å². The van der Waals surface area contributed by atoms with Gasteiger partial charge < -0.3 is 29.9 Å². The summed E-state index contributed by atoms with van der Waals surface area (Å²) in [5, 5.41) is 23.6. The lowest BCUT2D eigenvalue weighted by Gasteiger charge is -2.18. The number of pyridine rings is 1. The van der Waals surface area contributed by atoms with Crippen molar-refractivity contribution in [3.8, 4) is 34.3 Å². The summed E-state index contributed by atoms with van der Waals surface area (Å²) in [6.07, 6.45) is -1.97. The minimum atomic E-state index is -1.45. The lowest BCUT2D eigenvalue weighted by atomic mass is 10.1. The Bertz CT molecular complexity index is 1130. The number of rotatable bonds is 10. The summed E-state index contributed by atoms with van der Waals surface area (Å²) >= 11 is 0. The van der Waals surface area contributed by atoms with Crippen molar-refractivity contribution in [3.05, 3.63) is 41.2 Å². The number of ether oxygens (including phenoxy) is 2. The highest BCUT2D eigenvalue weighted by atomic mass is 16.5. The van der Waals surface area contributed by atoms with E-state index in [2.05, 4.69) is 15.1 Å².